The fraction of sp³-hybridized carbons (Fsp3) is 0.806. The van der Waals surface area contributed by atoms with Gasteiger partial charge in [0.15, 0.2) is 5.78 Å². The molecule has 0 bridgehead atoms. The maximum Gasteiger partial charge on any atom is 0.228 e. The van der Waals surface area contributed by atoms with E-state index in [9.17, 15) is 9.59 Å². The highest BCUT2D eigenvalue weighted by Gasteiger charge is 2.72. The van der Waals surface area contributed by atoms with Gasteiger partial charge in [0.25, 0.3) is 0 Å². The van der Waals surface area contributed by atoms with E-state index in [2.05, 4.69) is 40.2 Å². The normalized spacial score (nSPS) is 54.1. The van der Waals surface area contributed by atoms with E-state index in [0.717, 1.165) is 51.4 Å². The van der Waals surface area contributed by atoms with Gasteiger partial charge in [0.1, 0.15) is 0 Å². The molecule has 0 N–H and O–H groups in total. The smallest absolute Gasteiger partial charge is 0.228 e. The molecule has 5 aliphatic carbocycles. The van der Waals surface area contributed by atoms with Gasteiger partial charge in [-0.1, -0.05) is 38.8 Å². The van der Waals surface area contributed by atoms with Crippen molar-refractivity contribution < 1.29 is 9.59 Å². The number of fused-ring (bicyclic) bond motifs is 7. The lowest BCUT2D eigenvalue weighted by Crippen LogP contribution is -2.66. The maximum atomic E-state index is 13.0. The van der Waals surface area contributed by atoms with Crippen LogP contribution in [0.1, 0.15) is 98.8 Å². The van der Waals surface area contributed by atoms with Gasteiger partial charge in [-0.25, -0.2) is 0 Å². The number of rotatable bonds is 2. The van der Waals surface area contributed by atoms with Crippen LogP contribution < -0.4 is 0 Å². The van der Waals surface area contributed by atoms with E-state index in [1.165, 1.54) is 12.0 Å². The molecule has 5 fully saturated rings. The second-order valence-electron chi connectivity index (χ2n) is 13.9. The minimum absolute atomic E-state index is 0.0935. The van der Waals surface area contributed by atoms with Crippen molar-refractivity contribution in [3.05, 3.63) is 12.2 Å². The number of Topliss-reactive ketones (excluding diaryl/α,β-unsaturated/α-hetero) is 1. The van der Waals surface area contributed by atoms with Gasteiger partial charge in [-0.05, 0) is 129 Å². The summed E-state index contributed by atoms with van der Waals surface area (Å²) in [6, 6.07) is 0. The number of hydrogen-bond acceptors (Lipinski definition) is 2. The van der Waals surface area contributed by atoms with Gasteiger partial charge in [0.2, 0.25) is 5.24 Å². The van der Waals surface area contributed by atoms with Crippen molar-refractivity contribution in [2.24, 2.45) is 56.7 Å². The summed E-state index contributed by atoms with van der Waals surface area (Å²) in [6.45, 7) is 16.2. The first-order valence-electron chi connectivity index (χ1n) is 13.7. The number of allylic oxidation sites excluding steroid dienone is 1. The second-order valence-corrected chi connectivity index (χ2v) is 14.2. The Kier molecular flexibility index (Phi) is 5.41. The Labute approximate surface area is 212 Å². The lowest BCUT2D eigenvalue weighted by Gasteiger charge is -2.72. The molecule has 3 heteroatoms. The SMILES string of the molecule is C#C[C@]1(C)C(=O)CC[C@@]2(C)C1CC[C@]1(C)C2CCC2C3[C@H](C(=C)C)CCC3(C(=O)Cl)CC[C@]21C. The predicted octanol–water partition coefficient (Wildman–Crippen LogP) is 7.59. The van der Waals surface area contributed by atoms with Crippen LogP contribution in [-0.4, -0.2) is 11.0 Å². The Hall–Kier alpha value is -1.07. The molecule has 0 aliphatic heterocycles. The third-order valence-electron chi connectivity index (χ3n) is 13.2. The zero-order valence-electron chi connectivity index (χ0n) is 21.9. The summed E-state index contributed by atoms with van der Waals surface area (Å²) >= 11 is 6.42. The van der Waals surface area contributed by atoms with E-state index in [-0.39, 0.29) is 38.6 Å². The van der Waals surface area contributed by atoms with Gasteiger partial charge in [0, 0.05) is 11.8 Å². The first kappa shape index (κ1) is 24.6. The molecule has 0 aromatic heterocycles. The molecule has 0 amide bonds. The number of carbonyl (C=O) groups excluding carboxylic acids is 2. The van der Waals surface area contributed by atoms with Crippen molar-refractivity contribution in [1.82, 2.24) is 0 Å². The van der Waals surface area contributed by atoms with Gasteiger partial charge in [-0.15, -0.1) is 6.42 Å². The zero-order valence-corrected chi connectivity index (χ0v) is 22.7. The van der Waals surface area contributed by atoms with Crippen molar-refractivity contribution in [3.63, 3.8) is 0 Å². The highest BCUT2D eigenvalue weighted by molar-refractivity contribution is 6.64. The molecule has 10 atom stereocenters. The lowest BCUT2D eigenvalue weighted by atomic mass is 9.32. The number of ketones is 1. The summed E-state index contributed by atoms with van der Waals surface area (Å²) in [5, 5.41) is -0.0955. The highest BCUT2D eigenvalue weighted by Crippen LogP contribution is 2.77. The Bertz CT molecular complexity index is 992. The van der Waals surface area contributed by atoms with Gasteiger partial charge >= 0.3 is 0 Å². The summed E-state index contributed by atoms with van der Waals surface area (Å²) < 4.78 is 0. The Morgan fingerprint density at radius 2 is 1.68 bits per heavy atom. The van der Waals surface area contributed by atoms with Crippen LogP contribution in [0, 0.1) is 69.0 Å². The van der Waals surface area contributed by atoms with Crippen LogP contribution in [0.5, 0.6) is 0 Å². The molecular formula is C31H43ClO2. The predicted molar refractivity (Wildman–Crippen MR) is 138 cm³/mol. The highest BCUT2D eigenvalue weighted by atomic mass is 35.5. The van der Waals surface area contributed by atoms with Crippen LogP contribution in [0.2, 0.25) is 0 Å². The molecule has 0 aromatic rings. The van der Waals surface area contributed by atoms with Gasteiger partial charge in [0.05, 0.1) is 5.41 Å². The summed E-state index contributed by atoms with van der Waals surface area (Å²) in [7, 11) is 0. The van der Waals surface area contributed by atoms with E-state index >= 15 is 0 Å². The lowest BCUT2D eigenvalue weighted by molar-refractivity contribution is -0.229. The molecule has 0 heterocycles. The quantitative estimate of drug-likeness (QED) is 0.231. The van der Waals surface area contributed by atoms with Gasteiger partial charge < -0.3 is 0 Å². The van der Waals surface area contributed by atoms with E-state index in [1.54, 1.807) is 0 Å². The molecule has 5 aliphatic rings. The Morgan fingerprint density at radius 1 is 0.971 bits per heavy atom. The third kappa shape index (κ3) is 2.72. The average molecular weight is 483 g/mol. The molecular weight excluding hydrogens is 440 g/mol. The number of halogens is 1. The van der Waals surface area contributed by atoms with Crippen molar-refractivity contribution in [1.29, 1.82) is 0 Å². The first-order chi connectivity index (χ1) is 15.8. The molecule has 0 spiro atoms. The van der Waals surface area contributed by atoms with Crippen LogP contribution in [0.15, 0.2) is 12.2 Å². The minimum atomic E-state index is -0.630. The van der Waals surface area contributed by atoms with Crippen LogP contribution in [-0.2, 0) is 9.59 Å². The third-order valence-corrected chi connectivity index (χ3v) is 13.6. The van der Waals surface area contributed by atoms with Crippen LogP contribution in [0.25, 0.3) is 0 Å². The van der Waals surface area contributed by atoms with Crippen molar-refractivity contribution >= 4 is 22.6 Å². The number of hydrogen-bond donors (Lipinski definition) is 0. The summed E-state index contributed by atoms with van der Waals surface area (Å²) in [6.07, 6.45) is 16.1. The molecule has 0 aromatic carbocycles. The number of carbonyl (C=O) groups is 2. The van der Waals surface area contributed by atoms with E-state index < -0.39 is 5.41 Å². The molecule has 186 valence electrons. The van der Waals surface area contributed by atoms with Crippen LogP contribution >= 0.6 is 11.6 Å². The molecule has 0 saturated heterocycles. The maximum absolute atomic E-state index is 13.0. The minimum Gasteiger partial charge on any atom is -0.298 e. The van der Waals surface area contributed by atoms with Crippen molar-refractivity contribution in [2.45, 2.75) is 98.8 Å². The van der Waals surface area contributed by atoms with Crippen molar-refractivity contribution in [2.75, 3.05) is 0 Å². The van der Waals surface area contributed by atoms with Crippen molar-refractivity contribution in [3.8, 4) is 12.3 Å². The molecule has 5 rings (SSSR count). The van der Waals surface area contributed by atoms with E-state index in [1.807, 2.05) is 6.92 Å². The van der Waals surface area contributed by atoms with Gasteiger partial charge in [-0.2, -0.15) is 0 Å². The van der Waals surface area contributed by atoms with E-state index in [0.29, 0.717) is 30.1 Å². The first-order valence-corrected chi connectivity index (χ1v) is 14.1. The van der Waals surface area contributed by atoms with Crippen LogP contribution in [0.4, 0.5) is 0 Å². The summed E-state index contributed by atoms with van der Waals surface area (Å²) in [5.74, 6) is 5.31. The van der Waals surface area contributed by atoms with Crippen LogP contribution in [0.3, 0.4) is 0 Å². The molecule has 2 nitrogen and oxygen atoms in total. The second kappa shape index (κ2) is 7.47. The zero-order chi connectivity index (χ0) is 24.9. The molecule has 5 saturated carbocycles. The fourth-order valence-electron chi connectivity index (χ4n) is 11.2. The fourth-order valence-corrected chi connectivity index (χ4v) is 11.5. The Morgan fingerprint density at radius 3 is 2.29 bits per heavy atom. The molecule has 5 unspecified atom stereocenters. The monoisotopic (exact) mass is 482 g/mol. The summed E-state index contributed by atoms with van der Waals surface area (Å²) in [5.41, 5.74) is 0.675. The average Bonchev–Trinajstić information content (AvgIpc) is 3.18. The largest absolute Gasteiger partial charge is 0.298 e. The molecule has 34 heavy (non-hydrogen) atoms. The standard InChI is InChI=1S/C31H43ClO2/c1-8-27(4)22-12-15-30(7)23(28(22,5)14-13-24(27)33)10-9-21-25-20(19(2)3)11-16-31(25,26(32)34)18-17-29(21,30)6/h1,20-23,25H,2,9-18H2,3-7H3/t20-,21?,22?,23?,25?,27-,28-,29+,30+,31?/m0/s1. The number of terminal acetylenes is 1. The topological polar surface area (TPSA) is 34.1 Å². The summed E-state index contributed by atoms with van der Waals surface area (Å²) in [4.78, 5) is 26.0. The molecule has 0 radical (unpaired) electrons. The van der Waals surface area contributed by atoms with Gasteiger partial charge in [-0.3, -0.25) is 9.59 Å². The Balaban J connectivity index is 1.58. The van der Waals surface area contributed by atoms with E-state index in [4.69, 9.17) is 18.0 Å².